The quantitative estimate of drug-likeness (QED) is 0.233. The minimum absolute atomic E-state index is 0.0623. The molecule has 7 heteroatoms. The van der Waals surface area contributed by atoms with E-state index in [0.29, 0.717) is 31.3 Å². The van der Waals surface area contributed by atoms with Gasteiger partial charge in [0.25, 0.3) is 0 Å². The number of esters is 1. The lowest BCUT2D eigenvalue weighted by Crippen LogP contribution is -2.29. The molecular weight excluding hydrogens is 364 g/mol. The Bertz CT molecular complexity index is 641. The van der Waals surface area contributed by atoms with E-state index >= 15 is 0 Å². The van der Waals surface area contributed by atoms with Gasteiger partial charge in [-0.1, -0.05) is 12.7 Å². The Morgan fingerprint density at radius 2 is 2.18 bits per heavy atom. The molecule has 28 heavy (non-hydrogen) atoms. The van der Waals surface area contributed by atoms with Gasteiger partial charge < -0.3 is 24.1 Å². The number of rotatable bonds is 7. The maximum atomic E-state index is 12.0. The molecule has 0 aromatic carbocycles. The first kappa shape index (κ1) is 20.9. The van der Waals surface area contributed by atoms with Crippen LogP contribution in [-0.4, -0.2) is 54.9 Å². The zero-order valence-corrected chi connectivity index (χ0v) is 16.5. The molecule has 3 aliphatic rings. The summed E-state index contributed by atoms with van der Waals surface area (Å²) in [5.41, 5.74) is 1.23. The smallest absolute Gasteiger partial charge is 0.455 e. The normalized spacial score (nSPS) is 33.8. The molecule has 0 spiro atoms. The van der Waals surface area contributed by atoms with Crippen LogP contribution in [0.4, 0.5) is 4.79 Å². The van der Waals surface area contributed by atoms with Crippen molar-refractivity contribution >= 4 is 12.1 Å². The summed E-state index contributed by atoms with van der Waals surface area (Å²) in [6, 6.07) is 0. The average Bonchev–Trinajstić information content (AvgIpc) is 3.26. The lowest BCUT2D eigenvalue weighted by Gasteiger charge is -2.20. The Kier molecular flexibility index (Phi) is 6.78. The summed E-state index contributed by atoms with van der Waals surface area (Å²) in [6.07, 6.45) is 6.34. The minimum Gasteiger partial charge on any atom is -0.455 e. The average molecular weight is 394 g/mol. The Morgan fingerprint density at radius 3 is 2.96 bits per heavy atom. The summed E-state index contributed by atoms with van der Waals surface area (Å²) in [5.74, 6) is -0.405. The van der Waals surface area contributed by atoms with Crippen LogP contribution in [0.1, 0.15) is 51.9 Å². The maximum Gasteiger partial charge on any atom is 0.508 e. The van der Waals surface area contributed by atoms with E-state index in [4.69, 9.17) is 24.1 Å². The second-order valence-corrected chi connectivity index (χ2v) is 7.96. The Labute approximate surface area is 165 Å². The summed E-state index contributed by atoms with van der Waals surface area (Å²) in [6.45, 7) is 6.56. The number of allylic oxidation sites excluding steroid dienone is 1. The van der Waals surface area contributed by atoms with E-state index in [1.807, 2.05) is 6.92 Å². The van der Waals surface area contributed by atoms with Crippen molar-refractivity contribution in [1.82, 2.24) is 0 Å². The van der Waals surface area contributed by atoms with Crippen molar-refractivity contribution in [2.75, 3.05) is 19.8 Å². The molecule has 0 aromatic heterocycles. The fourth-order valence-electron chi connectivity index (χ4n) is 3.99. The summed E-state index contributed by atoms with van der Waals surface area (Å²) < 4.78 is 21.7. The fraction of sp³-hybridized carbons (Fsp3) is 0.714. The number of epoxide rings is 1. The largest absolute Gasteiger partial charge is 0.508 e. The molecule has 3 rings (SSSR count). The SMILES string of the molecule is C=C1C(=O)O[C@H]2[C@H]1CC/C(COC(=O)OCCCCCO)=C\CC[C@@]1(C)O[C@@H]21. The van der Waals surface area contributed by atoms with Crippen molar-refractivity contribution in [2.24, 2.45) is 5.92 Å². The van der Waals surface area contributed by atoms with Crippen molar-refractivity contribution in [3.8, 4) is 0 Å². The van der Waals surface area contributed by atoms with Gasteiger partial charge >= 0.3 is 12.1 Å². The van der Waals surface area contributed by atoms with Gasteiger partial charge in [0.1, 0.15) is 18.8 Å². The molecule has 1 aliphatic carbocycles. The molecule has 1 N–H and O–H groups in total. The first-order chi connectivity index (χ1) is 13.4. The van der Waals surface area contributed by atoms with Gasteiger partial charge in [-0.3, -0.25) is 0 Å². The van der Waals surface area contributed by atoms with Gasteiger partial charge in [0.2, 0.25) is 0 Å². The maximum absolute atomic E-state index is 12.0. The molecule has 0 saturated carbocycles. The van der Waals surface area contributed by atoms with Crippen LogP contribution in [0, 0.1) is 5.92 Å². The van der Waals surface area contributed by atoms with Gasteiger partial charge in [0, 0.05) is 18.1 Å². The molecule has 2 saturated heterocycles. The van der Waals surface area contributed by atoms with E-state index in [-0.39, 0.29) is 49.5 Å². The van der Waals surface area contributed by atoms with Gasteiger partial charge in [-0.2, -0.15) is 0 Å². The van der Waals surface area contributed by atoms with Crippen LogP contribution >= 0.6 is 0 Å². The van der Waals surface area contributed by atoms with Crippen LogP contribution in [0.25, 0.3) is 0 Å². The Balaban J connectivity index is 1.51. The molecule has 0 amide bonds. The predicted octanol–water partition coefficient (Wildman–Crippen LogP) is 3.06. The predicted molar refractivity (Wildman–Crippen MR) is 101 cm³/mol. The van der Waals surface area contributed by atoms with Crippen LogP contribution in [0.2, 0.25) is 0 Å². The van der Waals surface area contributed by atoms with Gasteiger partial charge in [-0.25, -0.2) is 9.59 Å². The van der Waals surface area contributed by atoms with Crippen molar-refractivity contribution < 1.29 is 33.6 Å². The van der Waals surface area contributed by atoms with Crippen molar-refractivity contribution in [1.29, 1.82) is 0 Å². The number of hydrogen-bond donors (Lipinski definition) is 1. The van der Waals surface area contributed by atoms with Crippen LogP contribution in [-0.2, 0) is 23.7 Å². The third-order valence-electron chi connectivity index (χ3n) is 5.84. The lowest BCUT2D eigenvalue weighted by atomic mass is 9.84. The number of hydrogen-bond acceptors (Lipinski definition) is 7. The van der Waals surface area contributed by atoms with E-state index in [0.717, 1.165) is 24.8 Å². The van der Waals surface area contributed by atoms with Crippen LogP contribution in [0.5, 0.6) is 0 Å². The molecule has 2 heterocycles. The number of aliphatic hydroxyl groups is 1. The molecule has 0 radical (unpaired) electrons. The van der Waals surface area contributed by atoms with E-state index in [1.54, 1.807) is 0 Å². The number of unbranched alkanes of at least 4 members (excludes halogenated alkanes) is 2. The standard InChI is InChI=1S/C21H30O7/c1-14-16-9-8-15(13-26-20(24)25-12-5-3-4-11-22)7-6-10-21(2)18(28-21)17(16)27-19(14)23/h7,16-18,22H,1,3-6,8-13H2,2H3/b15-7+/t16-,17-,18-,21+/m0/s1. The summed E-state index contributed by atoms with van der Waals surface area (Å²) in [7, 11) is 0. The van der Waals surface area contributed by atoms with E-state index in [1.165, 1.54) is 0 Å². The van der Waals surface area contributed by atoms with Crippen LogP contribution in [0.3, 0.4) is 0 Å². The Morgan fingerprint density at radius 1 is 1.36 bits per heavy atom. The zero-order valence-electron chi connectivity index (χ0n) is 16.5. The third-order valence-corrected chi connectivity index (χ3v) is 5.84. The topological polar surface area (TPSA) is 94.6 Å². The van der Waals surface area contributed by atoms with Gasteiger partial charge in [0.05, 0.1) is 12.2 Å². The number of ether oxygens (including phenoxy) is 4. The van der Waals surface area contributed by atoms with E-state index in [9.17, 15) is 9.59 Å². The number of carbonyl (C=O) groups is 2. The Hall–Kier alpha value is -1.86. The molecule has 0 bridgehead atoms. The van der Waals surface area contributed by atoms with Gasteiger partial charge in [0.15, 0.2) is 0 Å². The molecular formula is C21H30O7. The molecule has 7 nitrogen and oxygen atoms in total. The summed E-state index contributed by atoms with van der Waals surface area (Å²) in [5, 5.41) is 8.73. The second-order valence-electron chi connectivity index (χ2n) is 7.96. The van der Waals surface area contributed by atoms with Crippen LogP contribution in [0.15, 0.2) is 23.8 Å². The third kappa shape index (κ3) is 4.94. The molecule has 156 valence electrons. The van der Waals surface area contributed by atoms with Crippen molar-refractivity contribution in [3.05, 3.63) is 23.8 Å². The first-order valence-corrected chi connectivity index (χ1v) is 10.1. The molecule has 0 aromatic rings. The molecule has 0 unspecified atom stereocenters. The highest BCUT2D eigenvalue weighted by molar-refractivity contribution is 5.91. The number of aliphatic hydroxyl groups excluding tert-OH is 1. The zero-order chi connectivity index (χ0) is 20.1. The molecule has 2 fully saturated rings. The second kappa shape index (κ2) is 9.09. The fourth-order valence-corrected chi connectivity index (χ4v) is 3.99. The highest BCUT2D eigenvalue weighted by Gasteiger charge is 2.61. The summed E-state index contributed by atoms with van der Waals surface area (Å²) in [4.78, 5) is 23.7. The van der Waals surface area contributed by atoms with Crippen molar-refractivity contribution in [2.45, 2.75) is 69.7 Å². The van der Waals surface area contributed by atoms with Gasteiger partial charge in [-0.05, 0) is 57.4 Å². The molecule has 2 aliphatic heterocycles. The first-order valence-electron chi connectivity index (χ1n) is 10.1. The molecule has 4 atom stereocenters. The highest BCUT2D eigenvalue weighted by atomic mass is 16.7. The number of fused-ring (bicyclic) bond motifs is 3. The van der Waals surface area contributed by atoms with Crippen LogP contribution < -0.4 is 0 Å². The van der Waals surface area contributed by atoms with E-state index in [2.05, 4.69) is 12.7 Å². The highest BCUT2D eigenvalue weighted by Crippen LogP contribution is 2.49. The van der Waals surface area contributed by atoms with Gasteiger partial charge in [-0.15, -0.1) is 0 Å². The van der Waals surface area contributed by atoms with Crippen molar-refractivity contribution in [3.63, 3.8) is 0 Å². The van der Waals surface area contributed by atoms with E-state index < -0.39 is 6.16 Å². The summed E-state index contributed by atoms with van der Waals surface area (Å²) >= 11 is 0. The minimum atomic E-state index is -0.679. The number of carbonyl (C=O) groups excluding carboxylic acids is 2. The monoisotopic (exact) mass is 394 g/mol. The lowest BCUT2D eigenvalue weighted by molar-refractivity contribution is -0.140.